The molecule has 0 aliphatic carbocycles. The van der Waals surface area contributed by atoms with E-state index in [0.717, 1.165) is 38.1 Å². The summed E-state index contributed by atoms with van der Waals surface area (Å²) in [5, 5.41) is 14.2. The second-order valence-corrected chi connectivity index (χ2v) is 5.69. The lowest BCUT2D eigenvalue weighted by molar-refractivity contribution is -0.384. The highest BCUT2D eigenvalue weighted by molar-refractivity contribution is 6.01. The van der Waals surface area contributed by atoms with Gasteiger partial charge >= 0.3 is 0 Å². The Balaban J connectivity index is 2.11. The molecule has 2 rings (SSSR count). The molecular formula is C15H21FN4O3. The Hall–Kier alpha value is -2.22. The van der Waals surface area contributed by atoms with Crippen LogP contribution in [-0.4, -0.2) is 41.9 Å². The summed E-state index contributed by atoms with van der Waals surface area (Å²) in [6, 6.07) is 1.70. The Morgan fingerprint density at radius 1 is 1.48 bits per heavy atom. The van der Waals surface area contributed by atoms with Crippen LogP contribution in [0.1, 0.15) is 30.1 Å². The molecule has 1 heterocycles. The van der Waals surface area contributed by atoms with E-state index in [2.05, 4.69) is 5.32 Å². The van der Waals surface area contributed by atoms with Gasteiger partial charge in [0, 0.05) is 13.1 Å². The van der Waals surface area contributed by atoms with E-state index in [1.165, 1.54) is 0 Å². The van der Waals surface area contributed by atoms with Crippen molar-refractivity contribution in [3.05, 3.63) is 33.6 Å². The van der Waals surface area contributed by atoms with E-state index in [-0.39, 0.29) is 11.3 Å². The molecule has 0 spiro atoms. The van der Waals surface area contributed by atoms with Crippen LogP contribution in [0.3, 0.4) is 0 Å². The fraction of sp³-hybridized carbons (Fsp3) is 0.533. The molecule has 0 unspecified atom stereocenters. The molecule has 1 aliphatic rings. The maximum atomic E-state index is 13.6. The largest absolute Gasteiger partial charge is 0.393 e. The highest BCUT2D eigenvalue weighted by atomic mass is 19.1. The molecule has 1 aromatic carbocycles. The van der Waals surface area contributed by atoms with Gasteiger partial charge in [-0.1, -0.05) is 6.92 Å². The number of nitro benzene ring substituents is 1. The highest BCUT2D eigenvalue weighted by Gasteiger charge is 2.28. The SMILES string of the molecule is CCNCC1CCN(C(=O)c2cc(F)cc([N+](=O)[O-])c2N)CC1. The molecule has 7 nitrogen and oxygen atoms in total. The van der Waals surface area contributed by atoms with Crippen LogP contribution >= 0.6 is 0 Å². The molecule has 1 amide bonds. The van der Waals surface area contributed by atoms with Gasteiger partial charge in [-0.2, -0.15) is 0 Å². The third-order valence-corrected chi connectivity index (χ3v) is 4.13. The summed E-state index contributed by atoms with van der Waals surface area (Å²) in [6.45, 7) is 4.93. The second-order valence-electron chi connectivity index (χ2n) is 5.69. The monoisotopic (exact) mass is 324 g/mol. The lowest BCUT2D eigenvalue weighted by Gasteiger charge is -2.32. The van der Waals surface area contributed by atoms with Crippen molar-refractivity contribution in [2.75, 3.05) is 31.9 Å². The molecule has 0 bridgehead atoms. The van der Waals surface area contributed by atoms with Crippen molar-refractivity contribution in [2.24, 2.45) is 5.92 Å². The normalized spacial score (nSPS) is 15.7. The maximum Gasteiger partial charge on any atom is 0.295 e. The van der Waals surface area contributed by atoms with Gasteiger partial charge in [0.2, 0.25) is 0 Å². The first-order chi connectivity index (χ1) is 10.9. The number of benzene rings is 1. The lowest BCUT2D eigenvalue weighted by atomic mass is 9.96. The van der Waals surface area contributed by atoms with Crippen LogP contribution in [-0.2, 0) is 0 Å². The van der Waals surface area contributed by atoms with Crippen LogP contribution in [0.2, 0.25) is 0 Å². The summed E-state index contributed by atoms with van der Waals surface area (Å²) < 4.78 is 13.6. The van der Waals surface area contributed by atoms with Crippen molar-refractivity contribution in [1.82, 2.24) is 10.2 Å². The molecule has 126 valence electrons. The number of hydrogen-bond acceptors (Lipinski definition) is 5. The van der Waals surface area contributed by atoms with Gasteiger partial charge in [0.1, 0.15) is 11.5 Å². The summed E-state index contributed by atoms with van der Waals surface area (Å²) in [5.41, 5.74) is 4.70. The van der Waals surface area contributed by atoms with E-state index in [1.807, 2.05) is 6.92 Å². The standard InChI is InChI=1S/C15H21FN4O3/c1-2-18-9-10-3-5-19(6-4-10)15(21)12-7-11(16)8-13(14(12)17)20(22)23/h7-8,10,18H,2-6,9,17H2,1H3. The Morgan fingerprint density at radius 3 is 2.70 bits per heavy atom. The van der Waals surface area contributed by atoms with Crippen LogP contribution in [0.5, 0.6) is 0 Å². The number of likely N-dealkylation sites (tertiary alicyclic amines) is 1. The van der Waals surface area contributed by atoms with Crippen molar-refractivity contribution < 1.29 is 14.1 Å². The molecule has 0 radical (unpaired) electrons. The number of nitrogens with two attached hydrogens (primary N) is 1. The molecule has 0 aromatic heterocycles. The number of halogens is 1. The minimum Gasteiger partial charge on any atom is -0.393 e. The van der Waals surface area contributed by atoms with E-state index < -0.39 is 22.3 Å². The number of nitrogens with zero attached hydrogens (tertiary/aromatic N) is 2. The zero-order chi connectivity index (χ0) is 17.0. The van der Waals surface area contributed by atoms with Gasteiger partial charge in [-0.05, 0) is 37.9 Å². The van der Waals surface area contributed by atoms with Crippen molar-refractivity contribution in [3.8, 4) is 0 Å². The summed E-state index contributed by atoms with van der Waals surface area (Å²) in [6.07, 6.45) is 1.69. The fourth-order valence-corrected chi connectivity index (χ4v) is 2.79. The number of nitro groups is 1. The predicted octanol–water partition coefficient (Wildman–Crippen LogP) is 1.78. The molecule has 1 aliphatic heterocycles. The van der Waals surface area contributed by atoms with E-state index >= 15 is 0 Å². The Morgan fingerprint density at radius 2 is 2.13 bits per heavy atom. The number of piperidine rings is 1. The number of amides is 1. The zero-order valence-electron chi connectivity index (χ0n) is 13.0. The number of carbonyl (C=O) groups excluding carboxylic acids is 1. The van der Waals surface area contributed by atoms with Crippen LogP contribution in [0.4, 0.5) is 15.8 Å². The number of carbonyl (C=O) groups is 1. The Bertz CT molecular complexity index is 601. The van der Waals surface area contributed by atoms with Gasteiger partial charge in [0.25, 0.3) is 11.6 Å². The zero-order valence-corrected chi connectivity index (χ0v) is 13.0. The van der Waals surface area contributed by atoms with Gasteiger partial charge in [-0.25, -0.2) is 4.39 Å². The van der Waals surface area contributed by atoms with Gasteiger partial charge in [0.05, 0.1) is 16.6 Å². The Labute approximate surface area is 133 Å². The van der Waals surface area contributed by atoms with Crippen LogP contribution < -0.4 is 11.1 Å². The minimum atomic E-state index is -0.837. The Kier molecular flexibility index (Phi) is 5.49. The number of hydrogen-bond donors (Lipinski definition) is 2. The van der Waals surface area contributed by atoms with Gasteiger partial charge in [-0.3, -0.25) is 14.9 Å². The van der Waals surface area contributed by atoms with Gasteiger partial charge in [0.15, 0.2) is 0 Å². The molecule has 23 heavy (non-hydrogen) atoms. The summed E-state index contributed by atoms with van der Waals surface area (Å²) in [5.74, 6) is -0.790. The number of nitrogen functional groups attached to an aromatic ring is 1. The van der Waals surface area contributed by atoms with Crippen molar-refractivity contribution in [2.45, 2.75) is 19.8 Å². The molecule has 0 saturated carbocycles. The lowest BCUT2D eigenvalue weighted by Crippen LogP contribution is -2.41. The summed E-state index contributed by atoms with van der Waals surface area (Å²) >= 11 is 0. The van der Waals surface area contributed by atoms with Crippen molar-refractivity contribution in [3.63, 3.8) is 0 Å². The first-order valence-electron chi connectivity index (χ1n) is 7.67. The second kappa shape index (κ2) is 7.36. The van der Waals surface area contributed by atoms with E-state index in [4.69, 9.17) is 5.73 Å². The van der Waals surface area contributed by atoms with Crippen molar-refractivity contribution in [1.29, 1.82) is 0 Å². The molecule has 0 atom stereocenters. The van der Waals surface area contributed by atoms with Crippen LogP contribution in [0.25, 0.3) is 0 Å². The molecule has 3 N–H and O–H groups in total. The van der Waals surface area contributed by atoms with E-state index in [1.54, 1.807) is 4.90 Å². The number of nitrogens with one attached hydrogen (secondary N) is 1. The first kappa shape index (κ1) is 17.1. The molecule has 1 aromatic rings. The smallest absolute Gasteiger partial charge is 0.295 e. The predicted molar refractivity (Wildman–Crippen MR) is 84.6 cm³/mol. The van der Waals surface area contributed by atoms with E-state index in [9.17, 15) is 19.3 Å². The fourth-order valence-electron chi connectivity index (χ4n) is 2.79. The molecule has 1 saturated heterocycles. The number of anilines is 1. The van der Waals surface area contributed by atoms with Crippen LogP contribution in [0, 0.1) is 21.8 Å². The average molecular weight is 324 g/mol. The van der Waals surface area contributed by atoms with Gasteiger partial charge < -0.3 is 16.0 Å². The summed E-state index contributed by atoms with van der Waals surface area (Å²) in [7, 11) is 0. The molecule has 8 heteroatoms. The third kappa shape index (κ3) is 3.95. The average Bonchev–Trinajstić information content (AvgIpc) is 2.54. The molecular weight excluding hydrogens is 303 g/mol. The quantitative estimate of drug-likeness (QED) is 0.488. The van der Waals surface area contributed by atoms with Crippen molar-refractivity contribution >= 4 is 17.3 Å². The van der Waals surface area contributed by atoms with E-state index in [0.29, 0.717) is 19.0 Å². The molecule has 1 fully saturated rings. The minimum absolute atomic E-state index is 0.137. The topological polar surface area (TPSA) is 102 Å². The number of rotatable bonds is 5. The highest BCUT2D eigenvalue weighted by Crippen LogP contribution is 2.29. The first-order valence-corrected chi connectivity index (χ1v) is 7.67. The summed E-state index contributed by atoms with van der Waals surface area (Å²) in [4.78, 5) is 24.2. The van der Waals surface area contributed by atoms with Gasteiger partial charge in [-0.15, -0.1) is 0 Å². The van der Waals surface area contributed by atoms with Crippen LogP contribution in [0.15, 0.2) is 12.1 Å². The third-order valence-electron chi connectivity index (χ3n) is 4.13. The maximum absolute atomic E-state index is 13.6.